The monoisotopic (exact) mass is 318 g/mol. The van der Waals surface area contributed by atoms with E-state index < -0.39 is 16.4 Å². The SMILES string of the molecule is C[C@@H]1CCO[C@@H]1CNC(=O)c1cncc(OS(=O)(=O)F)c1. The van der Waals surface area contributed by atoms with Gasteiger partial charge in [-0.2, -0.15) is 8.42 Å². The number of aromatic nitrogens is 1. The fourth-order valence-corrected chi connectivity index (χ4v) is 2.34. The van der Waals surface area contributed by atoms with E-state index in [2.05, 4.69) is 14.5 Å². The molecule has 0 unspecified atom stereocenters. The molecule has 1 N–H and O–H groups in total. The standard InChI is InChI=1S/C12H15FN2O5S/c1-8-2-3-19-11(8)7-15-12(16)9-4-10(6-14-5-9)20-21(13,17)18/h4-6,8,11H,2-3,7H2,1H3,(H,15,16)/t8-,11-/m1/s1. The maximum atomic E-state index is 12.4. The quantitative estimate of drug-likeness (QED) is 0.808. The lowest BCUT2D eigenvalue weighted by atomic mass is 10.0. The summed E-state index contributed by atoms with van der Waals surface area (Å²) in [6.45, 7) is 3.04. The smallest absolute Gasteiger partial charge is 0.376 e. The summed E-state index contributed by atoms with van der Waals surface area (Å²) in [6.07, 6.45) is 3.12. The topological polar surface area (TPSA) is 94.6 Å². The summed E-state index contributed by atoms with van der Waals surface area (Å²) in [5.74, 6) is -0.475. The van der Waals surface area contributed by atoms with Crippen LogP contribution in [0.2, 0.25) is 0 Å². The van der Waals surface area contributed by atoms with E-state index in [1.807, 2.05) is 6.92 Å². The van der Waals surface area contributed by atoms with Crippen LogP contribution in [-0.4, -0.2) is 38.6 Å². The zero-order valence-corrected chi connectivity index (χ0v) is 12.1. The van der Waals surface area contributed by atoms with Crippen LogP contribution in [0, 0.1) is 5.92 Å². The van der Waals surface area contributed by atoms with Crippen molar-refractivity contribution in [2.75, 3.05) is 13.2 Å². The van der Waals surface area contributed by atoms with Crippen molar-refractivity contribution in [2.45, 2.75) is 19.4 Å². The average Bonchev–Trinajstić information content (AvgIpc) is 2.80. The van der Waals surface area contributed by atoms with Gasteiger partial charge >= 0.3 is 10.5 Å². The Labute approximate surface area is 121 Å². The minimum atomic E-state index is -5.14. The van der Waals surface area contributed by atoms with Gasteiger partial charge in [-0.1, -0.05) is 10.8 Å². The van der Waals surface area contributed by atoms with Crippen LogP contribution in [0.25, 0.3) is 0 Å². The van der Waals surface area contributed by atoms with Crippen LogP contribution >= 0.6 is 0 Å². The van der Waals surface area contributed by atoms with Crippen LogP contribution in [-0.2, 0) is 15.2 Å². The Bertz CT molecular complexity index is 622. The first-order chi connectivity index (χ1) is 9.85. The number of carbonyl (C=O) groups excluding carboxylic acids is 1. The zero-order valence-electron chi connectivity index (χ0n) is 11.3. The van der Waals surface area contributed by atoms with Crippen molar-refractivity contribution in [3.63, 3.8) is 0 Å². The van der Waals surface area contributed by atoms with Gasteiger partial charge in [0.25, 0.3) is 5.91 Å². The number of halogens is 1. The molecule has 1 fully saturated rings. The van der Waals surface area contributed by atoms with Gasteiger partial charge in [-0.05, 0) is 18.4 Å². The predicted octanol–water partition coefficient (Wildman–Crippen LogP) is 0.829. The van der Waals surface area contributed by atoms with Crippen molar-refractivity contribution in [3.8, 4) is 5.75 Å². The molecule has 1 aliphatic heterocycles. The molecule has 0 saturated carbocycles. The Morgan fingerprint density at radius 2 is 2.33 bits per heavy atom. The van der Waals surface area contributed by atoms with E-state index >= 15 is 0 Å². The van der Waals surface area contributed by atoms with Crippen molar-refractivity contribution in [1.82, 2.24) is 10.3 Å². The molecular weight excluding hydrogens is 303 g/mol. The molecule has 0 aliphatic carbocycles. The van der Waals surface area contributed by atoms with Gasteiger partial charge in [0.1, 0.15) is 0 Å². The van der Waals surface area contributed by atoms with Crippen LogP contribution in [0.1, 0.15) is 23.7 Å². The van der Waals surface area contributed by atoms with Crippen molar-refractivity contribution in [1.29, 1.82) is 0 Å². The Morgan fingerprint density at radius 3 is 2.95 bits per heavy atom. The summed E-state index contributed by atoms with van der Waals surface area (Å²) in [5.41, 5.74) is 0.0711. The van der Waals surface area contributed by atoms with E-state index in [4.69, 9.17) is 4.74 Å². The molecule has 1 aromatic heterocycles. The molecule has 9 heteroatoms. The molecule has 1 aromatic rings. The number of nitrogens with one attached hydrogen (secondary N) is 1. The molecule has 0 radical (unpaired) electrons. The molecule has 0 aromatic carbocycles. The third-order valence-electron chi connectivity index (χ3n) is 3.17. The van der Waals surface area contributed by atoms with Gasteiger partial charge in [0.2, 0.25) is 0 Å². The fraction of sp³-hybridized carbons (Fsp3) is 0.500. The van der Waals surface area contributed by atoms with Crippen molar-refractivity contribution in [2.24, 2.45) is 5.92 Å². The second-order valence-corrected chi connectivity index (χ2v) is 5.72. The number of pyridine rings is 1. The second-order valence-electron chi connectivity index (χ2n) is 4.77. The first-order valence-corrected chi connectivity index (χ1v) is 7.65. The summed E-state index contributed by atoms with van der Waals surface area (Å²) >= 11 is 0. The van der Waals surface area contributed by atoms with Gasteiger partial charge in [0.15, 0.2) is 5.75 Å². The maximum absolute atomic E-state index is 12.4. The molecule has 7 nitrogen and oxygen atoms in total. The van der Waals surface area contributed by atoms with Gasteiger partial charge in [-0.25, -0.2) is 0 Å². The Morgan fingerprint density at radius 1 is 1.57 bits per heavy atom. The molecule has 1 saturated heterocycles. The molecule has 2 atom stereocenters. The number of amides is 1. The summed E-state index contributed by atoms with van der Waals surface area (Å²) in [4.78, 5) is 15.6. The van der Waals surface area contributed by atoms with Gasteiger partial charge in [-0.3, -0.25) is 9.78 Å². The van der Waals surface area contributed by atoms with Crippen LogP contribution in [0.3, 0.4) is 0 Å². The van der Waals surface area contributed by atoms with E-state index in [1.165, 1.54) is 6.20 Å². The lowest BCUT2D eigenvalue weighted by molar-refractivity contribution is 0.0794. The highest BCUT2D eigenvalue weighted by atomic mass is 32.3. The minimum Gasteiger partial charge on any atom is -0.376 e. The highest BCUT2D eigenvalue weighted by Gasteiger charge is 2.24. The summed E-state index contributed by atoms with van der Waals surface area (Å²) in [5, 5.41) is 2.66. The summed E-state index contributed by atoms with van der Waals surface area (Å²) in [6, 6.07) is 1.10. The normalized spacial score (nSPS) is 22.0. The molecule has 1 amide bonds. The van der Waals surface area contributed by atoms with E-state index in [0.29, 0.717) is 19.1 Å². The number of carbonyl (C=O) groups is 1. The molecule has 21 heavy (non-hydrogen) atoms. The van der Waals surface area contributed by atoms with E-state index in [9.17, 15) is 17.1 Å². The first-order valence-electron chi connectivity index (χ1n) is 6.34. The third-order valence-corrected chi connectivity index (χ3v) is 3.57. The van der Waals surface area contributed by atoms with Crippen LogP contribution in [0.4, 0.5) is 3.89 Å². The Kier molecular flexibility index (Phi) is 4.73. The molecule has 0 spiro atoms. The Balaban J connectivity index is 1.97. The van der Waals surface area contributed by atoms with Crippen molar-refractivity contribution in [3.05, 3.63) is 24.0 Å². The molecule has 1 aliphatic rings. The highest BCUT2D eigenvalue weighted by molar-refractivity contribution is 7.81. The number of ether oxygens (including phenoxy) is 1. The molecular formula is C12H15FN2O5S. The van der Waals surface area contributed by atoms with Gasteiger partial charge in [0, 0.05) is 19.3 Å². The second kappa shape index (κ2) is 6.35. The number of nitrogens with zero attached hydrogens (tertiary/aromatic N) is 1. The lowest BCUT2D eigenvalue weighted by Gasteiger charge is -2.15. The summed E-state index contributed by atoms with van der Waals surface area (Å²) < 4.78 is 42.7. The van der Waals surface area contributed by atoms with Crippen LogP contribution in [0.15, 0.2) is 18.5 Å². The van der Waals surface area contributed by atoms with Gasteiger partial charge in [0.05, 0.1) is 17.9 Å². The van der Waals surface area contributed by atoms with Crippen molar-refractivity contribution >= 4 is 16.4 Å². The molecule has 2 heterocycles. The van der Waals surface area contributed by atoms with Crippen LogP contribution < -0.4 is 9.50 Å². The zero-order chi connectivity index (χ0) is 15.5. The first kappa shape index (κ1) is 15.6. The average molecular weight is 318 g/mol. The van der Waals surface area contributed by atoms with Crippen molar-refractivity contribution < 1.29 is 26.0 Å². The molecule has 0 bridgehead atoms. The Hall–Kier alpha value is -1.74. The lowest BCUT2D eigenvalue weighted by Crippen LogP contribution is -2.34. The van der Waals surface area contributed by atoms with E-state index in [0.717, 1.165) is 18.7 Å². The number of rotatable bonds is 5. The largest absolute Gasteiger partial charge is 0.488 e. The maximum Gasteiger partial charge on any atom is 0.488 e. The minimum absolute atomic E-state index is 0.0486. The van der Waals surface area contributed by atoms with E-state index in [1.54, 1.807) is 0 Å². The third kappa shape index (κ3) is 4.64. The predicted molar refractivity (Wildman–Crippen MR) is 70.7 cm³/mol. The van der Waals surface area contributed by atoms with E-state index in [-0.39, 0.29) is 17.4 Å². The number of hydrogen-bond donors (Lipinski definition) is 1. The molecule has 116 valence electrons. The number of hydrogen-bond acceptors (Lipinski definition) is 6. The van der Waals surface area contributed by atoms with Crippen LogP contribution in [0.5, 0.6) is 5.75 Å². The van der Waals surface area contributed by atoms with Gasteiger partial charge < -0.3 is 14.2 Å². The highest BCUT2D eigenvalue weighted by Crippen LogP contribution is 2.19. The fourth-order valence-electron chi connectivity index (χ4n) is 2.01. The van der Waals surface area contributed by atoms with Gasteiger partial charge in [-0.15, -0.1) is 0 Å². The molecule has 2 rings (SSSR count). The summed E-state index contributed by atoms with van der Waals surface area (Å²) in [7, 11) is -5.14.